The van der Waals surface area contributed by atoms with Crippen LogP contribution in [0.3, 0.4) is 0 Å². The van der Waals surface area contributed by atoms with Crippen LogP contribution in [-0.4, -0.2) is 49.1 Å². The largest absolute Gasteiger partial charge is 0.480 e. The Balaban J connectivity index is 2.57. The summed E-state index contributed by atoms with van der Waals surface area (Å²) in [7, 11) is 3.94. The van der Waals surface area contributed by atoms with Crippen LogP contribution in [0.15, 0.2) is 36.9 Å². The van der Waals surface area contributed by atoms with Gasteiger partial charge in [-0.1, -0.05) is 18.2 Å². The van der Waals surface area contributed by atoms with Crippen molar-refractivity contribution < 1.29 is 14.7 Å². The number of hydrogen-bond donors (Lipinski definition) is 1. The van der Waals surface area contributed by atoms with Crippen LogP contribution < -0.4 is 4.90 Å². The molecule has 1 N–H and O–H groups in total. The van der Waals surface area contributed by atoms with E-state index in [4.69, 9.17) is 5.11 Å². The van der Waals surface area contributed by atoms with Gasteiger partial charge in [0.05, 0.1) is 0 Å². The minimum Gasteiger partial charge on any atom is -0.480 e. The monoisotopic (exact) mass is 290 g/mol. The van der Waals surface area contributed by atoms with Crippen molar-refractivity contribution in [3.63, 3.8) is 0 Å². The molecule has 0 aromatic heterocycles. The highest BCUT2D eigenvalue weighted by molar-refractivity contribution is 5.81. The Kier molecular flexibility index (Phi) is 6.46. The topological polar surface area (TPSA) is 60.9 Å². The van der Waals surface area contributed by atoms with Crippen LogP contribution in [0.1, 0.15) is 12.0 Å². The average Bonchev–Trinajstić information content (AvgIpc) is 2.44. The van der Waals surface area contributed by atoms with Crippen LogP contribution in [0.2, 0.25) is 0 Å². The highest BCUT2D eigenvalue weighted by Crippen LogP contribution is 2.13. The van der Waals surface area contributed by atoms with Gasteiger partial charge >= 0.3 is 5.97 Å². The van der Waals surface area contributed by atoms with E-state index >= 15 is 0 Å². The van der Waals surface area contributed by atoms with Crippen molar-refractivity contribution in [1.29, 1.82) is 0 Å². The third kappa shape index (κ3) is 5.69. The zero-order chi connectivity index (χ0) is 15.8. The lowest BCUT2D eigenvalue weighted by Crippen LogP contribution is -2.35. The smallest absolute Gasteiger partial charge is 0.323 e. The SMILES string of the molecule is C=CCN(CC(=O)O)C(=O)CCc1ccc(N(C)C)cc1. The second-order valence-electron chi connectivity index (χ2n) is 5.02. The maximum absolute atomic E-state index is 12.0. The molecule has 0 saturated heterocycles. The molecule has 21 heavy (non-hydrogen) atoms. The first-order valence-electron chi connectivity index (χ1n) is 6.80. The number of anilines is 1. The average molecular weight is 290 g/mol. The number of hydrogen-bond acceptors (Lipinski definition) is 3. The standard InChI is InChI=1S/C16H22N2O3/c1-4-11-18(12-16(20)21)15(19)10-7-13-5-8-14(9-6-13)17(2)3/h4-6,8-9H,1,7,10-12H2,2-3H3,(H,20,21). The van der Waals surface area contributed by atoms with Gasteiger partial charge in [-0.15, -0.1) is 6.58 Å². The zero-order valence-electron chi connectivity index (χ0n) is 12.6. The van der Waals surface area contributed by atoms with E-state index in [2.05, 4.69) is 6.58 Å². The first-order chi connectivity index (χ1) is 9.93. The van der Waals surface area contributed by atoms with Gasteiger partial charge in [-0.25, -0.2) is 0 Å². The third-order valence-corrected chi connectivity index (χ3v) is 3.11. The predicted octanol–water partition coefficient (Wildman–Crippen LogP) is 1.78. The Morgan fingerprint density at radius 2 is 1.86 bits per heavy atom. The summed E-state index contributed by atoms with van der Waals surface area (Å²) >= 11 is 0. The van der Waals surface area contributed by atoms with Crippen molar-refractivity contribution in [2.45, 2.75) is 12.8 Å². The van der Waals surface area contributed by atoms with E-state index in [0.717, 1.165) is 11.3 Å². The number of aliphatic carboxylic acids is 1. The van der Waals surface area contributed by atoms with Gasteiger partial charge in [0, 0.05) is 32.7 Å². The quantitative estimate of drug-likeness (QED) is 0.741. The van der Waals surface area contributed by atoms with Gasteiger partial charge in [-0.3, -0.25) is 9.59 Å². The normalized spacial score (nSPS) is 10.0. The molecule has 1 rings (SSSR count). The molecule has 0 fully saturated rings. The zero-order valence-corrected chi connectivity index (χ0v) is 12.6. The Bertz CT molecular complexity index is 495. The molecule has 114 valence electrons. The van der Waals surface area contributed by atoms with Gasteiger partial charge in [0.2, 0.25) is 5.91 Å². The number of nitrogens with zero attached hydrogens (tertiary/aromatic N) is 2. The first-order valence-corrected chi connectivity index (χ1v) is 6.80. The molecule has 0 aliphatic carbocycles. The molecule has 1 amide bonds. The van der Waals surface area contributed by atoms with E-state index in [1.165, 1.54) is 11.0 Å². The molecule has 1 aromatic carbocycles. The molecular weight excluding hydrogens is 268 g/mol. The number of carboxylic acid groups (broad SMARTS) is 1. The minimum absolute atomic E-state index is 0.172. The van der Waals surface area contributed by atoms with Gasteiger partial charge in [0.1, 0.15) is 6.54 Å². The van der Waals surface area contributed by atoms with E-state index in [1.807, 2.05) is 43.3 Å². The molecular formula is C16H22N2O3. The van der Waals surface area contributed by atoms with E-state index in [0.29, 0.717) is 12.8 Å². The molecule has 0 heterocycles. The van der Waals surface area contributed by atoms with E-state index < -0.39 is 5.97 Å². The summed E-state index contributed by atoms with van der Waals surface area (Å²) in [5.41, 5.74) is 2.16. The molecule has 5 heteroatoms. The maximum Gasteiger partial charge on any atom is 0.323 e. The Labute approximate surface area is 125 Å². The van der Waals surface area contributed by atoms with E-state index in [1.54, 1.807) is 0 Å². The number of amides is 1. The van der Waals surface area contributed by atoms with Gasteiger partial charge in [0.25, 0.3) is 0 Å². The van der Waals surface area contributed by atoms with Crippen molar-refractivity contribution in [3.8, 4) is 0 Å². The number of carbonyl (C=O) groups excluding carboxylic acids is 1. The van der Waals surface area contributed by atoms with Crippen LogP contribution in [0.4, 0.5) is 5.69 Å². The van der Waals surface area contributed by atoms with Crippen LogP contribution >= 0.6 is 0 Å². The summed E-state index contributed by atoms with van der Waals surface area (Å²) in [5, 5.41) is 8.79. The number of carboxylic acids is 1. The number of rotatable bonds is 8. The molecule has 0 bridgehead atoms. The highest BCUT2D eigenvalue weighted by Gasteiger charge is 2.15. The number of carbonyl (C=O) groups is 2. The number of aryl methyl sites for hydroxylation is 1. The summed E-state index contributed by atoms with van der Waals surface area (Å²) in [5.74, 6) is -1.19. The highest BCUT2D eigenvalue weighted by atomic mass is 16.4. The maximum atomic E-state index is 12.0. The molecule has 0 saturated carbocycles. The van der Waals surface area contributed by atoms with Gasteiger partial charge in [-0.05, 0) is 24.1 Å². The molecule has 0 spiro atoms. The second kappa shape index (κ2) is 8.09. The third-order valence-electron chi connectivity index (χ3n) is 3.11. The summed E-state index contributed by atoms with van der Waals surface area (Å²) in [4.78, 5) is 26.1. The van der Waals surface area contributed by atoms with Crippen LogP contribution in [0, 0.1) is 0 Å². The van der Waals surface area contributed by atoms with E-state index in [-0.39, 0.29) is 19.0 Å². The van der Waals surface area contributed by atoms with Crippen molar-refractivity contribution >= 4 is 17.6 Å². The first kappa shape index (κ1) is 16.8. The van der Waals surface area contributed by atoms with Gasteiger partial charge in [-0.2, -0.15) is 0 Å². The second-order valence-corrected chi connectivity index (χ2v) is 5.02. The predicted molar refractivity (Wildman–Crippen MR) is 83.5 cm³/mol. The molecule has 0 unspecified atom stereocenters. The summed E-state index contributed by atoms with van der Waals surface area (Å²) in [6.07, 6.45) is 2.43. The van der Waals surface area contributed by atoms with Crippen molar-refractivity contribution in [1.82, 2.24) is 4.90 Å². The van der Waals surface area contributed by atoms with Crippen LogP contribution in [0.25, 0.3) is 0 Å². The molecule has 0 aliphatic heterocycles. The van der Waals surface area contributed by atoms with Crippen LogP contribution in [0.5, 0.6) is 0 Å². The summed E-state index contributed by atoms with van der Waals surface area (Å²) in [6, 6.07) is 7.96. The lowest BCUT2D eigenvalue weighted by Gasteiger charge is -2.19. The van der Waals surface area contributed by atoms with Crippen LogP contribution in [-0.2, 0) is 16.0 Å². The van der Waals surface area contributed by atoms with Crippen molar-refractivity contribution in [2.24, 2.45) is 0 Å². The molecule has 5 nitrogen and oxygen atoms in total. The fourth-order valence-electron chi connectivity index (χ4n) is 1.94. The Hall–Kier alpha value is -2.30. The van der Waals surface area contributed by atoms with E-state index in [9.17, 15) is 9.59 Å². The number of benzene rings is 1. The Morgan fingerprint density at radius 3 is 2.33 bits per heavy atom. The minimum atomic E-state index is -1.01. The summed E-state index contributed by atoms with van der Waals surface area (Å²) in [6.45, 7) is 3.51. The fourth-order valence-corrected chi connectivity index (χ4v) is 1.94. The lowest BCUT2D eigenvalue weighted by atomic mass is 10.1. The fraction of sp³-hybridized carbons (Fsp3) is 0.375. The molecule has 0 aliphatic rings. The molecule has 0 radical (unpaired) electrons. The van der Waals surface area contributed by atoms with Crippen molar-refractivity contribution in [2.75, 3.05) is 32.1 Å². The van der Waals surface area contributed by atoms with Crippen molar-refractivity contribution in [3.05, 3.63) is 42.5 Å². The van der Waals surface area contributed by atoms with Gasteiger partial charge in [0.15, 0.2) is 0 Å². The lowest BCUT2D eigenvalue weighted by molar-refractivity contribution is -0.144. The van der Waals surface area contributed by atoms with Gasteiger partial charge < -0.3 is 14.9 Å². The Morgan fingerprint density at radius 1 is 1.24 bits per heavy atom. The molecule has 0 atom stereocenters. The molecule has 1 aromatic rings. The summed E-state index contributed by atoms with van der Waals surface area (Å²) < 4.78 is 0.